The van der Waals surface area contributed by atoms with E-state index in [0.717, 1.165) is 16.7 Å². The van der Waals surface area contributed by atoms with Crippen molar-refractivity contribution in [3.05, 3.63) is 36.8 Å². The van der Waals surface area contributed by atoms with Gasteiger partial charge in [0.25, 0.3) is 0 Å². The monoisotopic (exact) mass is 240 g/mol. The average molecular weight is 240 g/mol. The van der Waals surface area contributed by atoms with Crippen LogP contribution in [0.5, 0.6) is 0 Å². The quantitative estimate of drug-likeness (QED) is 0.712. The standard InChI is InChI=1S/C12H12N6/c1-18(12-14-5-4-11(13)17-12)8-2-3-9-10(6-8)16-7-15-9/h2-7H,1H3,(H,15,16)(H2,13,14,17). The molecule has 0 saturated heterocycles. The predicted octanol–water partition coefficient (Wildman–Crippen LogP) is 1.70. The molecule has 2 aromatic heterocycles. The molecule has 0 aliphatic carbocycles. The van der Waals surface area contributed by atoms with Crippen LogP contribution in [0.3, 0.4) is 0 Å². The number of aromatic amines is 1. The van der Waals surface area contributed by atoms with E-state index in [1.165, 1.54) is 0 Å². The molecule has 18 heavy (non-hydrogen) atoms. The van der Waals surface area contributed by atoms with Crippen LogP contribution >= 0.6 is 0 Å². The third kappa shape index (κ3) is 1.73. The minimum absolute atomic E-state index is 0.453. The number of nitrogens with two attached hydrogens (primary N) is 1. The number of benzene rings is 1. The lowest BCUT2D eigenvalue weighted by molar-refractivity contribution is 1.05. The molecule has 6 heteroatoms. The third-order valence-electron chi connectivity index (χ3n) is 2.76. The number of H-pyrrole nitrogens is 1. The Hall–Kier alpha value is -2.63. The Labute approximate surface area is 104 Å². The summed E-state index contributed by atoms with van der Waals surface area (Å²) in [6, 6.07) is 7.57. The Morgan fingerprint density at radius 1 is 1.22 bits per heavy atom. The average Bonchev–Trinajstić information content (AvgIpc) is 2.85. The maximum atomic E-state index is 5.65. The highest BCUT2D eigenvalue weighted by Gasteiger charge is 2.08. The van der Waals surface area contributed by atoms with Gasteiger partial charge in [-0.05, 0) is 24.3 Å². The molecule has 0 unspecified atom stereocenters. The first kappa shape index (κ1) is 10.5. The van der Waals surface area contributed by atoms with E-state index in [1.54, 1.807) is 18.6 Å². The van der Waals surface area contributed by atoms with Crippen LogP contribution in [0.25, 0.3) is 11.0 Å². The van der Waals surface area contributed by atoms with Crippen LogP contribution in [0.4, 0.5) is 17.5 Å². The van der Waals surface area contributed by atoms with Gasteiger partial charge < -0.3 is 15.6 Å². The van der Waals surface area contributed by atoms with Crippen molar-refractivity contribution in [3.8, 4) is 0 Å². The van der Waals surface area contributed by atoms with Gasteiger partial charge in [-0.3, -0.25) is 0 Å². The molecule has 0 aliphatic rings. The van der Waals surface area contributed by atoms with E-state index in [2.05, 4.69) is 19.9 Å². The largest absolute Gasteiger partial charge is 0.384 e. The summed E-state index contributed by atoms with van der Waals surface area (Å²) in [5.41, 5.74) is 8.53. The molecular formula is C12H12N6. The number of anilines is 3. The van der Waals surface area contributed by atoms with Gasteiger partial charge in [-0.1, -0.05) is 0 Å². The first-order chi connectivity index (χ1) is 8.74. The number of nitrogen functional groups attached to an aromatic ring is 1. The van der Waals surface area contributed by atoms with Crippen molar-refractivity contribution in [1.82, 2.24) is 19.9 Å². The maximum absolute atomic E-state index is 5.65. The highest BCUT2D eigenvalue weighted by atomic mass is 15.2. The molecule has 3 aromatic rings. The summed E-state index contributed by atoms with van der Waals surface area (Å²) in [7, 11) is 1.90. The van der Waals surface area contributed by atoms with Crippen molar-refractivity contribution in [2.75, 3.05) is 17.7 Å². The molecule has 90 valence electrons. The second-order valence-corrected chi connectivity index (χ2v) is 3.94. The molecule has 6 nitrogen and oxygen atoms in total. The van der Waals surface area contributed by atoms with Crippen molar-refractivity contribution < 1.29 is 0 Å². The van der Waals surface area contributed by atoms with Crippen molar-refractivity contribution >= 4 is 28.5 Å². The van der Waals surface area contributed by atoms with Gasteiger partial charge in [-0.15, -0.1) is 0 Å². The van der Waals surface area contributed by atoms with Gasteiger partial charge >= 0.3 is 0 Å². The minimum atomic E-state index is 0.453. The normalized spacial score (nSPS) is 10.7. The Morgan fingerprint density at radius 3 is 2.94 bits per heavy atom. The lowest BCUT2D eigenvalue weighted by atomic mass is 10.2. The Bertz CT molecular complexity index is 690. The summed E-state index contributed by atoms with van der Waals surface area (Å²) in [6.07, 6.45) is 3.31. The maximum Gasteiger partial charge on any atom is 0.231 e. The number of hydrogen-bond acceptors (Lipinski definition) is 5. The highest BCUT2D eigenvalue weighted by molar-refractivity contribution is 5.80. The number of nitrogens with one attached hydrogen (secondary N) is 1. The number of hydrogen-bond donors (Lipinski definition) is 2. The van der Waals surface area contributed by atoms with Crippen LogP contribution in [0.2, 0.25) is 0 Å². The van der Waals surface area contributed by atoms with E-state index in [0.29, 0.717) is 11.8 Å². The molecule has 2 heterocycles. The van der Waals surface area contributed by atoms with Crippen LogP contribution in [-0.2, 0) is 0 Å². The number of nitrogens with zero attached hydrogens (tertiary/aromatic N) is 4. The Kier molecular flexibility index (Phi) is 2.33. The zero-order chi connectivity index (χ0) is 12.5. The minimum Gasteiger partial charge on any atom is -0.384 e. The van der Waals surface area contributed by atoms with Gasteiger partial charge in [-0.25, -0.2) is 9.97 Å². The molecular weight excluding hydrogens is 228 g/mol. The van der Waals surface area contributed by atoms with Crippen LogP contribution < -0.4 is 10.6 Å². The van der Waals surface area contributed by atoms with Crippen LogP contribution in [0.15, 0.2) is 36.8 Å². The third-order valence-corrected chi connectivity index (χ3v) is 2.76. The van der Waals surface area contributed by atoms with Gasteiger partial charge in [0.15, 0.2) is 0 Å². The summed E-state index contributed by atoms with van der Waals surface area (Å²) in [6.45, 7) is 0. The fourth-order valence-corrected chi connectivity index (χ4v) is 1.77. The number of aromatic nitrogens is 4. The zero-order valence-electron chi connectivity index (χ0n) is 9.83. The van der Waals surface area contributed by atoms with Gasteiger partial charge in [0.05, 0.1) is 17.4 Å². The molecule has 0 radical (unpaired) electrons. The molecule has 1 aromatic carbocycles. The first-order valence-corrected chi connectivity index (χ1v) is 5.49. The van der Waals surface area contributed by atoms with Crippen LogP contribution in [0, 0.1) is 0 Å². The number of rotatable bonds is 2. The van der Waals surface area contributed by atoms with Gasteiger partial charge in [0, 0.05) is 18.9 Å². The molecule has 0 atom stereocenters. The second-order valence-electron chi connectivity index (χ2n) is 3.94. The molecule has 0 saturated carbocycles. The molecule has 0 fully saturated rings. The molecule has 0 bridgehead atoms. The van der Waals surface area contributed by atoms with Gasteiger partial charge in [0.1, 0.15) is 5.82 Å². The van der Waals surface area contributed by atoms with E-state index in [4.69, 9.17) is 5.73 Å². The molecule has 3 rings (SSSR count). The molecule has 3 N–H and O–H groups in total. The van der Waals surface area contributed by atoms with Gasteiger partial charge in [-0.2, -0.15) is 4.98 Å². The summed E-state index contributed by atoms with van der Waals surface area (Å²) in [5, 5.41) is 0. The lowest BCUT2D eigenvalue weighted by Crippen LogP contribution is -2.13. The van der Waals surface area contributed by atoms with Crippen LogP contribution in [0.1, 0.15) is 0 Å². The number of fused-ring (bicyclic) bond motifs is 1. The Morgan fingerprint density at radius 2 is 2.11 bits per heavy atom. The summed E-state index contributed by atoms with van der Waals surface area (Å²) in [4.78, 5) is 17.5. The fraction of sp³-hybridized carbons (Fsp3) is 0.0833. The van der Waals surface area contributed by atoms with Crippen molar-refractivity contribution in [2.45, 2.75) is 0 Å². The van der Waals surface area contributed by atoms with E-state index in [-0.39, 0.29) is 0 Å². The Balaban J connectivity index is 2.02. The SMILES string of the molecule is CN(c1ccc2nc[nH]c2c1)c1nccc(N)n1. The summed E-state index contributed by atoms with van der Waals surface area (Å²) in [5.74, 6) is 1.02. The van der Waals surface area contributed by atoms with E-state index >= 15 is 0 Å². The van der Waals surface area contributed by atoms with E-state index < -0.39 is 0 Å². The number of imidazole rings is 1. The molecule has 0 amide bonds. The first-order valence-electron chi connectivity index (χ1n) is 5.49. The lowest BCUT2D eigenvalue weighted by Gasteiger charge is -2.17. The van der Waals surface area contributed by atoms with Crippen molar-refractivity contribution in [2.24, 2.45) is 0 Å². The van der Waals surface area contributed by atoms with E-state index in [1.807, 2.05) is 30.1 Å². The topological polar surface area (TPSA) is 83.7 Å². The van der Waals surface area contributed by atoms with E-state index in [9.17, 15) is 0 Å². The van der Waals surface area contributed by atoms with Crippen molar-refractivity contribution in [3.63, 3.8) is 0 Å². The molecule has 0 spiro atoms. The van der Waals surface area contributed by atoms with Gasteiger partial charge in [0.2, 0.25) is 5.95 Å². The summed E-state index contributed by atoms with van der Waals surface area (Å²) >= 11 is 0. The second kappa shape index (κ2) is 3.99. The fourth-order valence-electron chi connectivity index (χ4n) is 1.77. The zero-order valence-corrected chi connectivity index (χ0v) is 9.83. The summed E-state index contributed by atoms with van der Waals surface area (Å²) < 4.78 is 0. The predicted molar refractivity (Wildman–Crippen MR) is 70.6 cm³/mol. The van der Waals surface area contributed by atoms with Crippen LogP contribution in [-0.4, -0.2) is 27.0 Å². The molecule has 0 aliphatic heterocycles. The smallest absolute Gasteiger partial charge is 0.231 e. The highest BCUT2D eigenvalue weighted by Crippen LogP contribution is 2.23. The van der Waals surface area contributed by atoms with Crippen molar-refractivity contribution in [1.29, 1.82) is 0 Å².